The molecular weight excluding hydrogens is 289 g/mol. The van der Waals surface area contributed by atoms with E-state index in [1.165, 1.54) is 9.13 Å². The highest BCUT2D eigenvalue weighted by atomic mass is 127. The van der Waals surface area contributed by atoms with Crippen LogP contribution in [0.25, 0.3) is 0 Å². The molecule has 0 aromatic heterocycles. The van der Waals surface area contributed by atoms with Crippen LogP contribution in [0.4, 0.5) is 0 Å². The van der Waals surface area contributed by atoms with E-state index in [-0.39, 0.29) is 6.04 Å². The highest BCUT2D eigenvalue weighted by molar-refractivity contribution is 14.1. The smallest absolute Gasteiger partial charge is 0.0717 e. The first-order valence-corrected chi connectivity index (χ1v) is 5.88. The maximum absolute atomic E-state index is 10.0. The maximum Gasteiger partial charge on any atom is 0.0717 e. The van der Waals surface area contributed by atoms with Crippen molar-refractivity contribution in [3.63, 3.8) is 0 Å². The number of benzene rings is 1. The van der Waals surface area contributed by atoms with Gasteiger partial charge in [0, 0.05) is 16.0 Å². The van der Waals surface area contributed by atoms with Gasteiger partial charge in [0.25, 0.3) is 0 Å². The third-order valence-corrected chi connectivity index (χ3v) is 3.45. The third kappa shape index (κ3) is 2.27. The SMILES string of the molecule is NC1CC(O)(Cc2ccc(I)cc2)C1. The quantitative estimate of drug-likeness (QED) is 0.817. The normalized spacial score (nSPS) is 31.2. The van der Waals surface area contributed by atoms with E-state index in [0.717, 1.165) is 19.3 Å². The highest BCUT2D eigenvalue weighted by Gasteiger charge is 2.40. The standard InChI is InChI=1S/C11H14INO/c12-9-3-1-8(2-4-9)5-11(14)6-10(13)7-11/h1-4,10,14H,5-7,13H2. The van der Waals surface area contributed by atoms with Crippen LogP contribution in [0, 0.1) is 3.57 Å². The Bertz CT molecular complexity index is 317. The van der Waals surface area contributed by atoms with Crippen molar-refractivity contribution >= 4 is 22.6 Å². The second-order valence-electron chi connectivity index (χ2n) is 4.20. The molecule has 0 spiro atoms. The summed E-state index contributed by atoms with van der Waals surface area (Å²) in [6, 6.07) is 8.48. The Morgan fingerprint density at radius 1 is 1.36 bits per heavy atom. The van der Waals surface area contributed by atoms with Gasteiger partial charge >= 0.3 is 0 Å². The van der Waals surface area contributed by atoms with Crippen LogP contribution in [-0.4, -0.2) is 16.7 Å². The van der Waals surface area contributed by atoms with Crippen LogP contribution < -0.4 is 5.73 Å². The van der Waals surface area contributed by atoms with Gasteiger partial charge in [0.15, 0.2) is 0 Å². The molecule has 1 saturated carbocycles. The number of hydrogen-bond donors (Lipinski definition) is 2. The molecule has 0 heterocycles. The molecule has 0 aliphatic heterocycles. The summed E-state index contributed by atoms with van der Waals surface area (Å²) in [5.74, 6) is 0. The molecule has 0 amide bonds. The van der Waals surface area contributed by atoms with E-state index in [9.17, 15) is 5.11 Å². The monoisotopic (exact) mass is 303 g/mol. The highest BCUT2D eigenvalue weighted by Crippen LogP contribution is 2.33. The molecule has 0 radical (unpaired) electrons. The van der Waals surface area contributed by atoms with Crippen LogP contribution in [0.1, 0.15) is 18.4 Å². The number of nitrogens with two attached hydrogens (primary N) is 1. The van der Waals surface area contributed by atoms with Crippen molar-refractivity contribution in [1.29, 1.82) is 0 Å². The number of aliphatic hydroxyl groups is 1. The minimum atomic E-state index is -0.536. The average molecular weight is 303 g/mol. The molecule has 0 atom stereocenters. The minimum absolute atomic E-state index is 0.198. The molecule has 3 N–H and O–H groups in total. The second-order valence-corrected chi connectivity index (χ2v) is 5.44. The van der Waals surface area contributed by atoms with Crippen LogP contribution in [0.2, 0.25) is 0 Å². The van der Waals surface area contributed by atoms with E-state index in [0.29, 0.717) is 0 Å². The van der Waals surface area contributed by atoms with Crippen LogP contribution >= 0.6 is 22.6 Å². The van der Waals surface area contributed by atoms with E-state index in [1.807, 2.05) is 0 Å². The van der Waals surface area contributed by atoms with Crippen LogP contribution in [0.3, 0.4) is 0 Å². The number of hydrogen-bond acceptors (Lipinski definition) is 2. The van der Waals surface area contributed by atoms with Gasteiger partial charge in [-0.3, -0.25) is 0 Å². The summed E-state index contributed by atoms with van der Waals surface area (Å²) in [4.78, 5) is 0. The molecule has 1 aliphatic carbocycles. The molecule has 2 nitrogen and oxygen atoms in total. The number of halogens is 1. The summed E-state index contributed by atoms with van der Waals surface area (Å²) < 4.78 is 1.23. The lowest BCUT2D eigenvalue weighted by Gasteiger charge is -2.42. The lowest BCUT2D eigenvalue weighted by Crippen LogP contribution is -2.52. The van der Waals surface area contributed by atoms with E-state index in [4.69, 9.17) is 5.73 Å². The van der Waals surface area contributed by atoms with Gasteiger partial charge in [0.2, 0.25) is 0 Å². The third-order valence-electron chi connectivity index (χ3n) is 2.73. The molecule has 0 saturated heterocycles. The lowest BCUT2D eigenvalue weighted by molar-refractivity contribution is -0.0455. The first-order valence-electron chi connectivity index (χ1n) is 4.80. The Kier molecular flexibility index (Phi) is 2.81. The summed E-state index contributed by atoms with van der Waals surface area (Å²) in [7, 11) is 0. The van der Waals surface area contributed by atoms with E-state index >= 15 is 0 Å². The van der Waals surface area contributed by atoms with Gasteiger partial charge in [0.1, 0.15) is 0 Å². The molecule has 1 aliphatic rings. The van der Waals surface area contributed by atoms with Crippen molar-refractivity contribution in [3.05, 3.63) is 33.4 Å². The van der Waals surface area contributed by atoms with Crippen molar-refractivity contribution in [2.45, 2.75) is 30.9 Å². The Balaban J connectivity index is 2.01. The molecule has 14 heavy (non-hydrogen) atoms. The molecule has 3 heteroatoms. The summed E-state index contributed by atoms with van der Waals surface area (Å²) in [6.07, 6.45) is 2.20. The van der Waals surface area contributed by atoms with E-state index in [2.05, 4.69) is 46.9 Å². The number of rotatable bonds is 2. The van der Waals surface area contributed by atoms with Crippen LogP contribution in [0.5, 0.6) is 0 Å². The van der Waals surface area contributed by atoms with Gasteiger partial charge in [0.05, 0.1) is 5.60 Å². The summed E-state index contributed by atoms with van der Waals surface area (Å²) in [5, 5.41) is 10.0. The van der Waals surface area contributed by atoms with Gasteiger partial charge in [-0.25, -0.2) is 0 Å². The van der Waals surface area contributed by atoms with Crippen molar-refractivity contribution < 1.29 is 5.11 Å². The molecule has 2 rings (SSSR count). The van der Waals surface area contributed by atoms with Gasteiger partial charge in [-0.05, 0) is 53.1 Å². The van der Waals surface area contributed by atoms with E-state index in [1.54, 1.807) is 0 Å². The van der Waals surface area contributed by atoms with E-state index < -0.39 is 5.60 Å². The zero-order chi connectivity index (χ0) is 10.2. The Labute approximate surface area is 97.6 Å². The summed E-state index contributed by atoms with van der Waals surface area (Å²) in [6.45, 7) is 0. The predicted octanol–water partition coefficient (Wildman–Crippen LogP) is 1.69. The first kappa shape index (κ1) is 10.4. The second kappa shape index (κ2) is 3.79. The zero-order valence-corrected chi connectivity index (χ0v) is 10.1. The topological polar surface area (TPSA) is 46.2 Å². The maximum atomic E-state index is 10.0. The average Bonchev–Trinajstić information content (AvgIpc) is 2.07. The van der Waals surface area contributed by atoms with Crippen molar-refractivity contribution in [1.82, 2.24) is 0 Å². The fourth-order valence-corrected chi connectivity index (χ4v) is 2.40. The van der Waals surface area contributed by atoms with Gasteiger partial charge < -0.3 is 10.8 Å². The lowest BCUT2D eigenvalue weighted by atomic mass is 9.73. The van der Waals surface area contributed by atoms with Crippen LogP contribution in [0.15, 0.2) is 24.3 Å². The van der Waals surface area contributed by atoms with Gasteiger partial charge in [-0.15, -0.1) is 0 Å². The Hall–Kier alpha value is -0.130. The molecule has 1 aromatic carbocycles. The molecule has 0 unspecified atom stereocenters. The Morgan fingerprint density at radius 3 is 2.43 bits per heavy atom. The fraction of sp³-hybridized carbons (Fsp3) is 0.455. The molecule has 1 aromatic rings. The van der Waals surface area contributed by atoms with Crippen molar-refractivity contribution in [2.75, 3.05) is 0 Å². The first-order chi connectivity index (χ1) is 6.57. The summed E-state index contributed by atoms with van der Waals surface area (Å²) >= 11 is 2.28. The molecule has 0 bridgehead atoms. The van der Waals surface area contributed by atoms with Gasteiger partial charge in [-0.2, -0.15) is 0 Å². The predicted molar refractivity (Wildman–Crippen MR) is 65.0 cm³/mol. The fourth-order valence-electron chi connectivity index (χ4n) is 2.04. The van der Waals surface area contributed by atoms with Gasteiger partial charge in [-0.1, -0.05) is 12.1 Å². The molecule has 1 fully saturated rings. The van der Waals surface area contributed by atoms with Crippen molar-refractivity contribution in [3.8, 4) is 0 Å². The molecule has 76 valence electrons. The summed E-state index contributed by atoms with van der Waals surface area (Å²) in [5.41, 5.74) is 6.33. The molecular formula is C11H14INO. The Morgan fingerprint density at radius 2 is 1.93 bits per heavy atom. The van der Waals surface area contributed by atoms with Crippen molar-refractivity contribution in [2.24, 2.45) is 5.73 Å². The minimum Gasteiger partial charge on any atom is -0.389 e. The zero-order valence-electron chi connectivity index (χ0n) is 7.91. The largest absolute Gasteiger partial charge is 0.389 e. The van der Waals surface area contributed by atoms with Crippen LogP contribution in [-0.2, 0) is 6.42 Å².